The van der Waals surface area contributed by atoms with Gasteiger partial charge in [0.05, 0.1) is 0 Å². The highest BCUT2D eigenvalue weighted by molar-refractivity contribution is 5.82. The van der Waals surface area contributed by atoms with Crippen LogP contribution in [-0.4, -0.2) is 5.78 Å². The molecule has 0 spiro atoms. The lowest BCUT2D eigenvalue weighted by Gasteiger charge is -1.84. The molecule has 1 heteroatoms. The van der Waals surface area contributed by atoms with Gasteiger partial charge in [0, 0.05) is 12.3 Å². The van der Waals surface area contributed by atoms with Crippen molar-refractivity contribution in [1.29, 1.82) is 0 Å². The molecule has 1 aromatic rings. The molecule has 13 heavy (non-hydrogen) atoms. The molecule has 2 rings (SSSR count). The first-order chi connectivity index (χ1) is 6.34. The van der Waals surface area contributed by atoms with Gasteiger partial charge in [0.1, 0.15) is 5.78 Å². The van der Waals surface area contributed by atoms with Crippen LogP contribution in [0.2, 0.25) is 0 Å². The summed E-state index contributed by atoms with van der Waals surface area (Å²) in [6.07, 6.45) is 3.06. The van der Waals surface area contributed by atoms with Crippen LogP contribution in [0.4, 0.5) is 0 Å². The number of rotatable bonds is 2. The topological polar surface area (TPSA) is 17.1 Å². The van der Waals surface area contributed by atoms with Crippen molar-refractivity contribution in [2.45, 2.75) is 26.2 Å². The Labute approximate surface area is 79.8 Å². The van der Waals surface area contributed by atoms with E-state index in [-0.39, 0.29) is 0 Å². The molecule has 70 valence electrons. The van der Waals surface area contributed by atoms with Crippen molar-refractivity contribution in [2.75, 3.05) is 0 Å². The molecule has 1 aliphatic carbocycles. The fourth-order valence-corrected chi connectivity index (χ4v) is 1.08. The van der Waals surface area contributed by atoms with Crippen molar-refractivity contribution in [3.63, 3.8) is 0 Å². The molecule has 1 aromatic carbocycles. The van der Waals surface area contributed by atoms with Gasteiger partial charge in [-0.15, -0.1) is 0 Å². The van der Waals surface area contributed by atoms with E-state index in [4.69, 9.17) is 0 Å². The Balaban J connectivity index is 0.000000132. The Kier molecular flexibility index (Phi) is 4.24. The van der Waals surface area contributed by atoms with Crippen LogP contribution < -0.4 is 0 Å². The Morgan fingerprint density at radius 1 is 1.08 bits per heavy atom. The molecule has 0 aromatic heterocycles. The number of ketones is 1. The van der Waals surface area contributed by atoms with Gasteiger partial charge in [-0.3, -0.25) is 4.79 Å². The van der Waals surface area contributed by atoms with Gasteiger partial charge in [0.2, 0.25) is 0 Å². The summed E-state index contributed by atoms with van der Waals surface area (Å²) in [6, 6.07) is 12.0. The maximum Gasteiger partial charge on any atom is 0.135 e. The zero-order valence-corrected chi connectivity index (χ0v) is 8.07. The maximum absolute atomic E-state index is 10.6. The SMILES string of the molecule is CCC(=O)C1CC1.c1ccccc1. The largest absolute Gasteiger partial charge is 0.299 e. The average molecular weight is 176 g/mol. The lowest BCUT2D eigenvalue weighted by Crippen LogP contribution is -1.95. The predicted molar refractivity (Wildman–Crippen MR) is 54.5 cm³/mol. The number of Topliss-reactive ketones (excluding diaryl/α,β-unsaturated/α-hetero) is 1. The summed E-state index contributed by atoms with van der Waals surface area (Å²) in [4.78, 5) is 10.6. The highest BCUT2D eigenvalue weighted by Crippen LogP contribution is 2.30. The van der Waals surface area contributed by atoms with Gasteiger partial charge < -0.3 is 0 Å². The summed E-state index contributed by atoms with van der Waals surface area (Å²) in [5.74, 6) is 0.935. The monoisotopic (exact) mass is 176 g/mol. The van der Waals surface area contributed by atoms with E-state index in [9.17, 15) is 4.79 Å². The highest BCUT2D eigenvalue weighted by Gasteiger charge is 2.27. The summed E-state index contributed by atoms with van der Waals surface area (Å²) >= 11 is 0. The van der Waals surface area contributed by atoms with Gasteiger partial charge in [0.15, 0.2) is 0 Å². The minimum absolute atomic E-state index is 0.458. The van der Waals surface area contributed by atoms with Crippen LogP contribution in [-0.2, 0) is 4.79 Å². The first kappa shape index (κ1) is 9.97. The van der Waals surface area contributed by atoms with Crippen molar-refractivity contribution < 1.29 is 4.79 Å². The first-order valence-corrected chi connectivity index (χ1v) is 4.87. The second kappa shape index (κ2) is 5.52. The Bertz CT molecular complexity index is 210. The molecule has 0 amide bonds. The van der Waals surface area contributed by atoms with Gasteiger partial charge in [-0.1, -0.05) is 43.3 Å². The van der Waals surface area contributed by atoms with E-state index in [2.05, 4.69) is 0 Å². The first-order valence-electron chi connectivity index (χ1n) is 4.87. The van der Waals surface area contributed by atoms with Crippen molar-refractivity contribution >= 4 is 5.78 Å². The molecule has 0 saturated heterocycles. The summed E-state index contributed by atoms with van der Waals surface area (Å²) in [6.45, 7) is 1.93. The van der Waals surface area contributed by atoms with Crippen LogP contribution in [0.15, 0.2) is 36.4 Å². The third-order valence-electron chi connectivity index (χ3n) is 2.05. The van der Waals surface area contributed by atoms with E-state index in [0.717, 1.165) is 19.3 Å². The van der Waals surface area contributed by atoms with Crippen molar-refractivity contribution in [3.05, 3.63) is 36.4 Å². The van der Waals surface area contributed by atoms with Gasteiger partial charge in [0.25, 0.3) is 0 Å². The lowest BCUT2D eigenvalue weighted by atomic mass is 10.2. The zero-order valence-electron chi connectivity index (χ0n) is 8.07. The van der Waals surface area contributed by atoms with Gasteiger partial charge in [-0.25, -0.2) is 0 Å². The Hall–Kier alpha value is -1.11. The minimum atomic E-state index is 0.458. The molecule has 0 atom stereocenters. The van der Waals surface area contributed by atoms with E-state index < -0.39 is 0 Å². The van der Waals surface area contributed by atoms with E-state index >= 15 is 0 Å². The molecule has 0 radical (unpaired) electrons. The van der Waals surface area contributed by atoms with Crippen molar-refractivity contribution in [1.82, 2.24) is 0 Å². The normalized spacial score (nSPS) is 14.2. The maximum atomic E-state index is 10.6. The molecule has 0 heterocycles. The van der Waals surface area contributed by atoms with Crippen molar-refractivity contribution in [2.24, 2.45) is 5.92 Å². The number of carbonyl (C=O) groups is 1. The Morgan fingerprint density at radius 3 is 1.62 bits per heavy atom. The van der Waals surface area contributed by atoms with Crippen LogP contribution in [0, 0.1) is 5.92 Å². The molecule has 1 fully saturated rings. The fourth-order valence-electron chi connectivity index (χ4n) is 1.08. The van der Waals surface area contributed by atoms with Gasteiger partial charge in [-0.05, 0) is 12.8 Å². The molecular formula is C12H16O. The van der Waals surface area contributed by atoms with Crippen LogP contribution in [0.25, 0.3) is 0 Å². The second-order valence-corrected chi connectivity index (χ2v) is 3.25. The van der Waals surface area contributed by atoms with Gasteiger partial charge in [-0.2, -0.15) is 0 Å². The molecule has 1 nitrogen and oxygen atoms in total. The molecule has 0 N–H and O–H groups in total. The third kappa shape index (κ3) is 4.46. The number of hydrogen-bond acceptors (Lipinski definition) is 1. The van der Waals surface area contributed by atoms with Crippen LogP contribution in [0.3, 0.4) is 0 Å². The second-order valence-electron chi connectivity index (χ2n) is 3.25. The van der Waals surface area contributed by atoms with Gasteiger partial charge >= 0.3 is 0 Å². The summed E-state index contributed by atoms with van der Waals surface area (Å²) in [5.41, 5.74) is 0. The summed E-state index contributed by atoms with van der Waals surface area (Å²) in [5, 5.41) is 0. The highest BCUT2D eigenvalue weighted by atomic mass is 16.1. The quantitative estimate of drug-likeness (QED) is 0.676. The fraction of sp³-hybridized carbons (Fsp3) is 0.417. The zero-order chi connectivity index (χ0) is 9.52. The third-order valence-corrected chi connectivity index (χ3v) is 2.05. The van der Waals surface area contributed by atoms with Crippen LogP contribution >= 0.6 is 0 Å². The molecular weight excluding hydrogens is 160 g/mol. The standard InChI is InChI=1S/C6H10O.C6H6/c1-2-6(7)5-3-4-5;1-2-4-6-5-3-1/h5H,2-4H2,1H3;1-6H. The summed E-state index contributed by atoms with van der Waals surface area (Å²) < 4.78 is 0. The average Bonchev–Trinajstić information content (AvgIpc) is 3.04. The van der Waals surface area contributed by atoms with E-state index in [1.54, 1.807) is 0 Å². The number of carbonyl (C=O) groups excluding carboxylic acids is 1. The predicted octanol–water partition coefficient (Wildman–Crippen LogP) is 3.06. The smallest absolute Gasteiger partial charge is 0.135 e. The number of hydrogen-bond donors (Lipinski definition) is 0. The van der Waals surface area contributed by atoms with Crippen LogP contribution in [0.5, 0.6) is 0 Å². The summed E-state index contributed by atoms with van der Waals surface area (Å²) in [7, 11) is 0. The van der Waals surface area contributed by atoms with E-state index in [1.165, 1.54) is 0 Å². The van der Waals surface area contributed by atoms with E-state index in [0.29, 0.717) is 11.7 Å². The van der Waals surface area contributed by atoms with Crippen LogP contribution in [0.1, 0.15) is 26.2 Å². The van der Waals surface area contributed by atoms with Crippen molar-refractivity contribution in [3.8, 4) is 0 Å². The lowest BCUT2D eigenvalue weighted by molar-refractivity contribution is -0.119. The molecule has 0 bridgehead atoms. The molecule has 0 unspecified atom stereocenters. The minimum Gasteiger partial charge on any atom is -0.299 e. The Morgan fingerprint density at radius 2 is 1.46 bits per heavy atom. The number of benzene rings is 1. The molecule has 1 saturated carbocycles. The molecule has 0 aliphatic heterocycles. The van der Waals surface area contributed by atoms with E-state index in [1.807, 2.05) is 43.3 Å². The molecule has 1 aliphatic rings.